The quantitative estimate of drug-likeness (QED) is 0.725. The van der Waals surface area contributed by atoms with Crippen LogP contribution >= 0.6 is 0 Å². The molecule has 0 fully saturated rings. The summed E-state index contributed by atoms with van der Waals surface area (Å²) in [6.45, 7) is 1.96. The van der Waals surface area contributed by atoms with E-state index in [2.05, 4.69) is 4.98 Å². The van der Waals surface area contributed by atoms with E-state index in [0.29, 0.717) is 11.2 Å². The van der Waals surface area contributed by atoms with Crippen LogP contribution in [0.1, 0.15) is 5.56 Å². The van der Waals surface area contributed by atoms with Gasteiger partial charge in [-0.1, -0.05) is 12.1 Å². The molecule has 21 heavy (non-hydrogen) atoms. The number of nitrogens with zero attached hydrogens (tertiary/aromatic N) is 2. The van der Waals surface area contributed by atoms with E-state index in [1.165, 1.54) is 0 Å². The van der Waals surface area contributed by atoms with Crippen LogP contribution in [0.3, 0.4) is 0 Å². The summed E-state index contributed by atoms with van der Waals surface area (Å²) in [5.41, 5.74) is 2.61. The van der Waals surface area contributed by atoms with Gasteiger partial charge in [-0.15, -0.1) is 0 Å². The van der Waals surface area contributed by atoms with E-state index in [-0.39, 0.29) is 5.56 Å². The van der Waals surface area contributed by atoms with Crippen molar-refractivity contribution in [3.8, 4) is 17.1 Å². The molecule has 0 aliphatic rings. The SMILES string of the molecule is COc1ccc(-c2nc3c(C)cccc3c(=O)n2C)cc1. The molecule has 0 spiro atoms. The number of hydrogen-bond acceptors (Lipinski definition) is 3. The Labute approximate surface area is 122 Å². The van der Waals surface area contributed by atoms with Crippen molar-refractivity contribution >= 4 is 10.9 Å². The van der Waals surface area contributed by atoms with E-state index >= 15 is 0 Å². The maximum atomic E-state index is 12.5. The maximum Gasteiger partial charge on any atom is 0.261 e. The zero-order valence-corrected chi connectivity index (χ0v) is 12.3. The van der Waals surface area contributed by atoms with E-state index in [1.54, 1.807) is 18.7 Å². The van der Waals surface area contributed by atoms with Crippen LogP contribution in [0.5, 0.6) is 5.75 Å². The monoisotopic (exact) mass is 280 g/mol. The summed E-state index contributed by atoms with van der Waals surface area (Å²) in [4.78, 5) is 17.2. The van der Waals surface area contributed by atoms with Gasteiger partial charge in [-0.3, -0.25) is 9.36 Å². The van der Waals surface area contributed by atoms with Crippen LogP contribution in [0.4, 0.5) is 0 Å². The number of benzene rings is 2. The van der Waals surface area contributed by atoms with Crippen molar-refractivity contribution in [2.24, 2.45) is 7.05 Å². The summed E-state index contributed by atoms with van der Waals surface area (Å²) < 4.78 is 6.75. The van der Waals surface area contributed by atoms with Gasteiger partial charge in [-0.2, -0.15) is 0 Å². The number of aryl methyl sites for hydroxylation is 1. The lowest BCUT2D eigenvalue weighted by Crippen LogP contribution is -2.20. The van der Waals surface area contributed by atoms with Crippen LogP contribution in [0.2, 0.25) is 0 Å². The molecule has 2 aromatic carbocycles. The second-order valence-corrected chi connectivity index (χ2v) is 5.00. The van der Waals surface area contributed by atoms with Crippen molar-refractivity contribution < 1.29 is 4.74 Å². The molecule has 0 N–H and O–H groups in total. The van der Waals surface area contributed by atoms with Gasteiger partial charge >= 0.3 is 0 Å². The number of aromatic nitrogens is 2. The van der Waals surface area contributed by atoms with Crippen LogP contribution in [-0.2, 0) is 7.05 Å². The summed E-state index contributed by atoms with van der Waals surface area (Å²) in [5, 5.41) is 0.648. The fourth-order valence-corrected chi connectivity index (χ4v) is 2.44. The second kappa shape index (κ2) is 5.05. The minimum atomic E-state index is -0.0329. The fraction of sp³-hybridized carbons (Fsp3) is 0.176. The zero-order valence-electron chi connectivity index (χ0n) is 12.3. The molecule has 1 heterocycles. The molecule has 0 saturated carbocycles. The van der Waals surface area contributed by atoms with Crippen molar-refractivity contribution in [1.29, 1.82) is 0 Å². The van der Waals surface area contributed by atoms with Crippen LogP contribution in [0.15, 0.2) is 47.3 Å². The standard InChI is InChI=1S/C17H16N2O2/c1-11-5-4-6-14-15(11)18-16(19(2)17(14)20)12-7-9-13(21-3)10-8-12/h4-10H,1-3H3. The largest absolute Gasteiger partial charge is 0.497 e. The summed E-state index contributed by atoms with van der Waals surface area (Å²) in [5.74, 6) is 1.44. The lowest BCUT2D eigenvalue weighted by Gasteiger charge is -2.11. The second-order valence-electron chi connectivity index (χ2n) is 5.00. The minimum Gasteiger partial charge on any atom is -0.497 e. The molecule has 106 valence electrons. The van der Waals surface area contributed by atoms with Crippen molar-refractivity contribution in [3.05, 3.63) is 58.4 Å². The van der Waals surface area contributed by atoms with Crippen LogP contribution in [0.25, 0.3) is 22.3 Å². The molecular formula is C17H16N2O2. The number of fused-ring (bicyclic) bond motifs is 1. The lowest BCUT2D eigenvalue weighted by atomic mass is 10.1. The molecule has 0 atom stereocenters. The first-order valence-corrected chi connectivity index (χ1v) is 6.72. The van der Waals surface area contributed by atoms with Crippen molar-refractivity contribution in [3.63, 3.8) is 0 Å². The van der Waals surface area contributed by atoms with Crippen LogP contribution in [0, 0.1) is 6.92 Å². The van der Waals surface area contributed by atoms with Crippen LogP contribution in [-0.4, -0.2) is 16.7 Å². The normalized spacial score (nSPS) is 10.8. The van der Waals surface area contributed by atoms with Gasteiger partial charge in [0.05, 0.1) is 18.0 Å². The van der Waals surface area contributed by atoms with Gasteiger partial charge in [0.1, 0.15) is 11.6 Å². The predicted octanol–water partition coefficient (Wildman–Crippen LogP) is 2.92. The molecule has 0 bridgehead atoms. The molecule has 4 nitrogen and oxygen atoms in total. The highest BCUT2D eigenvalue weighted by molar-refractivity contribution is 5.82. The Morgan fingerprint density at radius 2 is 1.81 bits per heavy atom. The van der Waals surface area contributed by atoms with Crippen molar-refractivity contribution in [1.82, 2.24) is 9.55 Å². The smallest absolute Gasteiger partial charge is 0.261 e. The predicted molar refractivity (Wildman–Crippen MR) is 83.7 cm³/mol. The Morgan fingerprint density at radius 1 is 1.10 bits per heavy atom. The first kappa shape index (κ1) is 13.4. The number of para-hydroxylation sites is 1. The highest BCUT2D eigenvalue weighted by Gasteiger charge is 2.11. The Bertz CT molecular complexity index is 864. The zero-order chi connectivity index (χ0) is 15.0. The maximum absolute atomic E-state index is 12.5. The number of ether oxygens (including phenoxy) is 1. The van der Waals surface area contributed by atoms with Gasteiger partial charge in [0, 0.05) is 12.6 Å². The minimum absolute atomic E-state index is 0.0329. The Morgan fingerprint density at radius 3 is 2.48 bits per heavy atom. The first-order chi connectivity index (χ1) is 10.1. The first-order valence-electron chi connectivity index (χ1n) is 6.72. The highest BCUT2D eigenvalue weighted by Crippen LogP contribution is 2.22. The molecular weight excluding hydrogens is 264 g/mol. The molecule has 0 unspecified atom stereocenters. The van der Waals surface area contributed by atoms with E-state index in [9.17, 15) is 4.79 Å². The molecule has 0 radical (unpaired) electrons. The van der Waals surface area contributed by atoms with Gasteiger partial charge in [0.15, 0.2) is 0 Å². The number of methoxy groups -OCH3 is 1. The third-order valence-electron chi connectivity index (χ3n) is 3.66. The molecule has 0 aliphatic carbocycles. The average molecular weight is 280 g/mol. The summed E-state index contributed by atoms with van der Waals surface area (Å²) in [7, 11) is 3.37. The summed E-state index contributed by atoms with van der Waals surface area (Å²) >= 11 is 0. The highest BCUT2D eigenvalue weighted by atomic mass is 16.5. The molecule has 0 saturated heterocycles. The molecule has 3 aromatic rings. The van der Waals surface area contributed by atoms with Crippen LogP contribution < -0.4 is 10.3 Å². The summed E-state index contributed by atoms with van der Waals surface area (Å²) in [6, 6.07) is 13.2. The van der Waals surface area contributed by atoms with E-state index < -0.39 is 0 Å². The van der Waals surface area contributed by atoms with Crippen molar-refractivity contribution in [2.75, 3.05) is 7.11 Å². The fourth-order valence-electron chi connectivity index (χ4n) is 2.44. The molecule has 0 amide bonds. The third-order valence-corrected chi connectivity index (χ3v) is 3.66. The summed E-state index contributed by atoms with van der Waals surface area (Å²) in [6.07, 6.45) is 0. The molecule has 3 rings (SSSR count). The van der Waals surface area contributed by atoms with Gasteiger partial charge in [0.25, 0.3) is 5.56 Å². The molecule has 0 aliphatic heterocycles. The van der Waals surface area contributed by atoms with E-state index in [0.717, 1.165) is 22.4 Å². The van der Waals surface area contributed by atoms with E-state index in [4.69, 9.17) is 4.74 Å². The molecule has 1 aromatic heterocycles. The topological polar surface area (TPSA) is 44.1 Å². The van der Waals surface area contributed by atoms with E-state index in [1.807, 2.05) is 49.4 Å². The van der Waals surface area contributed by atoms with Gasteiger partial charge < -0.3 is 4.74 Å². The Hall–Kier alpha value is -2.62. The Kier molecular flexibility index (Phi) is 3.22. The third kappa shape index (κ3) is 2.18. The average Bonchev–Trinajstić information content (AvgIpc) is 2.51. The van der Waals surface area contributed by atoms with Gasteiger partial charge in [-0.05, 0) is 42.8 Å². The lowest BCUT2D eigenvalue weighted by molar-refractivity contribution is 0.415. The van der Waals surface area contributed by atoms with Gasteiger partial charge in [-0.25, -0.2) is 4.98 Å². The number of hydrogen-bond donors (Lipinski definition) is 0. The number of rotatable bonds is 2. The van der Waals surface area contributed by atoms with Gasteiger partial charge in [0.2, 0.25) is 0 Å². The van der Waals surface area contributed by atoms with Crippen molar-refractivity contribution in [2.45, 2.75) is 6.92 Å². The Balaban J connectivity index is 2.29. The molecule has 4 heteroatoms.